The monoisotopic (exact) mass is 218 g/mol. The van der Waals surface area contributed by atoms with Gasteiger partial charge in [0.1, 0.15) is 0 Å². The fourth-order valence-corrected chi connectivity index (χ4v) is 1.34. The van der Waals surface area contributed by atoms with Crippen molar-refractivity contribution < 1.29 is 13.2 Å². The van der Waals surface area contributed by atoms with Crippen LogP contribution in [-0.2, 0) is 0 Å². The van der Waals surface area contributed by atoms with E-state index in [1.54, 1.807) is 32.2 Å². The summed E-state index contributed by atoms with van der Waals surface area (Å²) in [6, 6.07) is 0. The Morgan fingerprint density at radius 1 is 1.33 bits per heavy atom. The molecule has 5 heteroatoms. The van der Waals surface area contributed by atoms with E-state index in [0.717, 1.165) is 6.08 Å². The number of rotatable bonds is 1. The molecule has 1 heterocycles. The first-order valence-corrected chi connectivity index (χ1v) is 4.36. The van der Waals surface area contributed by atoms with E-state index in [0.29, 0.717) is 5.57 Å². The molecular weight excluding hydrogens is 205 g/mol. The van der Waals surface area contributed by atoms with E-state index in [4.69, 9.17) is 0 Å². The second-order valence-electron chi connectivity index (χ2n) is 3.57. The van der Waals surface area contributed by atoms with Gasteiger partial charge in [-0.25, -0.2) is 5.01 Å². The first-order valence-electron chi connectivity index (χ1n) is 4.36. The smallest absolute Gasteiger partial charge is 0.282 e. The summed E-state index contributed by atoms with van der Waals surface area (Å²) in [6.45, 7) is 5.07. The topological polar surface area (TPSA) is 6.48 Å². The van der Waals surface area contributed by atoms with Crippen molar-refractivity contribution in [1.82, 2.24) is 10.0 Å². The van der Waals surface area contributed by atoms with E-state index in [1.165, 1.54) is 5.01 Å². The molecule has 84 valence electrons. The highest BCUT2D eigenvalue weighted by molar-refractivity contribution is 5.42. The van der Waals surface area contributed by atoms with Gasteiger partial charge in [-0.3, -0.25) is 5.01 Å². The average molecular weight is 218 g/mol. The van der Waals surface area contributed by atoms with Gasteiger partial charge in [0.05, 0.1) is 11.3 Å². The zero-order chi connectivity index (χ0) is 11.8. The molecule has 0 fully saturated rings. The van der Waals surface area contributed by atoms with E-state index in [-0.39, 0.29) is 5.70 Å². The minimum Gasteiger partial charge on any atom is -0.282 e. The van der Waals surface area contributed by atoms with E-state index in [2.05, 4.69) is 6.58 Å². The maximum atomic E-state index is 12.6. The Bertz CT molecular complexity index is 337. The molecule has 0 aliphatic carbocycles. The van der Waals surface area contributed by atoms with E-state index >= 15 is 0 Å². The highest BCUT2D eigenvalue weighted by Crippen LogP contribution is 2.35. The third-order valence-corrected chi connectivity index (χ3v) is 2.02. The normalized spacial score (nSPS) is 18.1. The molecule has 15 heavy (non-hydrogen) atoms. The lowest BCUT2D eigenvalue weighted by Crippen LogP contribution is -2.36. The molecule has 0 saturated heterocycles. The number of hydrogen-bond donors (Lipinski definition) is 0. The number of allylic oxidation sites excluding steroid dienone is 3. The zero-order valence-corrected chi connectivity index (χ0v) is 8.89. The fourth-order valence-electron chi connectivity index (χ4n) is 1.34. The summed E-state index contributed by atoms with van der Waals surface area (Å²) in [4.78, 5) is 0. The summed E-state index contributed by atoms with van der Waals surface area (Å²) in [5.74, 6) is 0. The predicted octanol–water partition coefficient (Wildman–Crippen LogP) is 2.68. The number of halogens is 3. The van der Waals surface area contributed by atoms with Gasteiger partial charge < -0.3 is 0 Å². The quantitative estimate of drug-likeness (QED) is 0.667. The number of alkyl halides is 3. The van der Waals surface area contributed by atoms with Crippen molar-refractivity contribution in [3.05, 3.63) is 35.7 Å². The van der Waals surface area contributed by atoms with Crippen LogP contribution in [0, 0.1) is 0 Å². The van der Waals surface area contributed by atoms with Gasteiger partial charge >= 0.3 is 6.18 Å². The van der Waals surface area contributed by atoms with Gasteiger partial charge in [-0.1, -0.05) is 6.58 Å². The Morgan fingerprint density at radius 2 is 1.87 bits per heavy atom. The summed E-state index contributed by atoms with van der Waals surface area (Å²) in [5.41, 5.74) is -0.210. The third kappa shape index (κ3) is 2.41. The molecule has 1 rings (SSSR count). The zero-order valence-electron chi connectivity index (χ0n) is 8.89. The molecule has 1 aliphatic heterocycles. The van der Waals surface area contributed by atoms with Crippen molar-refractivity contribution in [3.8, 4) is 0 Å². The first kappa shape index (κ1) is 11.8. The molecule has 0 aromatic heterocycles. The van der Waals surface area contributed by atoms with Crippen LogP contribution in [0.15, 0.2) is 35.7 Å². The second-order valence-corrected chi connectivity index (χ2v) is 3.57. The lowest BCUT2D eigenvalue weighted by Gasteiger charge is -2.34. The van der Waals surface area contributed by atoms with Crippen molar-refractivity contribution >= 4 is 0 Å². The maximum Gasteiger partial charge on any atom is 0.418 e. The minimum absolute atomic E-state index is 0.0573. The second kappa shape index (κ2) is 3.73. The lowest BCUT2D eigenvalue weighted by atomic mass is 10.1. The molecule has 0 atom stereocenters. The van der Waals surface area contributed by atoms with Crippen LogP contribution in [0.1, 0.15) is 6.92 Å². The van der Waals surface area contributed by atoms with Gasteiger partial charge in [-0.15, -0.1) is 0 Å². The van der Waals surface area contributed by atoms with Crippen LogP contribution in [0.2, 0.25) is 0 Å². The summed E-state index contributed by atoms with van der Waals surface area (Å²) >= 11 is 0. The van der Waals surface area contributed by atoms with Crippen LogP contribution in [0.5, 0.6) is 0 Å². The van der Waals surface area contributed by atoms with Crippen molar-refractivity contribution in [2.45, 2.75) is 13.1 Å². The molecule has 0 aromatic rings. The van der Waals surface area contributed by atoms with Crippen LogP contribution in [0.4, 0.5) is 13.2 Å². The Hall–Kier alpha value is -1.23. The molecule has 0 amide bonds. The van der Waals surface area contributed by atoms with E-state index < -0.39 is 11.7 Å². The van der Waals surface area contributed by atoms with Gasteiger partial charge in [-0.2, -0.15) is 13.2 Å². The average Bonchev–Trinajstić information content (AvgIpc) is 2.06. The van der Waals surface area contributed by atoms with Gasteiger partial charge in [0.2, 0.25) is 0 Å². The molecule has 0 N–H and O–H groups in total. The Labute approximate surface area is 86.9 Å². The Kier molecular flexibility index (Phi) is 2.95. The van der Waals surface area contributed by atoms with Gasteiger partial charge in [0.15, 0.2) is 0 Å². The molecule has 0 radical (unpaired) electrons. The number of hydrazine groups is 1. The summed E-state index contributed by atoms with van der Waals surface area (Å²) in [6.07, 6.45) is -1.65. The molecule has 0 bridgehead atoms. The first-order chi connectivity index (χ1) is 6.73. The molecule has 1 aliphatic rings. The standard InChI is InChI=1S/C10H13F3N2/c1-7-5-9(10(11,12)13)8(2)15(6-7)14(3)4/h5-6H,2H2,1,3-4H3. The predicted molar refractivity (Wildman–Crippen MR) is 52.6 cm³/mol. The van der Waals surface area contributed by atoms with Crippen LogP contribution in [0.3, 0.4) is 0 Å². The van der Waals surface area contributed by atoms with Crippen LogP contribution in [-0.4, -0.2) is 30.3 Å². The molecule has 0 spiro atoms. The number of nitrogens with zero attached hydrogens (tertiary/aromatic N) is 2. The van der Waals surface area contributed by atoms with Crippen molar-refractivity contribution in [2.75, 3.05) is 14.1 Å². The van der Waals surface area contributed by atoms with Crippen LogP contribution >= 0.6 is 0 Å². The third-order valence-electron chi connectivity index (χ3n) is 2.02. The Morgan fingerprint density at radius 3 is 2.27 bits per heavy atom. The maximum absolute atomic E-state index is 12.6. The van der Waals surface area contributed by atoms with E-state index in [9.17, 15) is 13.2 Å². The summed E-state index contributed by atoms with van der Waals surface area (Å²) in [7, 11) is 3.32. The lowest BCUT2D eigenvalue weighted by molar-refractivity contribution is -0.0936. The highest BCUT2D eigenvalue weighted by Gasteiger charge is 2.38. The van der Waals surface area contributed by atoms with Gasteiger partial charge in [0, 0.05) is 20.3 Å². The molecule has 0 unspecified atom stereocenters. The summed E-state index contributed by atoms with van der Waals surface area (Å²) < 4.78 is 37.8. The van der Waals surface area contributed by atoms with Crippen molar-refractivity contribution in [3.63, 3.8) is 0 Å². The van der Waals surface area contributed by atoms with Gasteiger partial charge in [-0.05, 0) is 18.6 Å². The fraction of sp³-hybridized carbons (Fsp3) is 0.400. The van der Waals surface area contributed by atoms with Gasteiger partial charge in [0.25, 0.3) is 0 Å². The molecule has 0 aromatic carbocycles. The Balaban J connectivity index is 3.11. The molecule has 2 nitrogen and oxygen atoms in total. The summed E-state index contributed by atoms with van der Waals surface area (Å²) in [5, 5.41) is 2.92. The minimum atomic E-state index is -4.36. The molecule has 0 saturated carbocycles. The number of hydrogen-bond acceptors (Lipinski definition) is 2. The van der Waals surface area contributed by atoms with Crippen molar-refractivity contribution in [1.29, 1.82) is 0 Å². The van der Waals surface area contributed by atoms with Crippen molar-refractivity contribution in [2.24, 2.45) is 0 Å². The molecular formula is C10H13F3N2. The van der Waals surface area contributed by atoms with E-state index in [1.807, 2.05) is 0 Å². The van der Waals surface area contributed by atoms with Crippen LogP contribution < -0.4 is 0 Å². The SMILES string of the molecule is C=C1C(C(F)(F)F)=CC(C)=CN1N(C)C. The van der Waals surface area contributed by atoms with Crippen LogP contribution in [0.25, 0.3) is 0 Å². The highest BCUT2D eigenvalue weighted by atomic mass is 19.4. The largest absolute Gasteiger partial charge is 0.418 e.